The summed E-state index contributed by atoms with van der Waals surface area (Å²) in [6, 6.07) is 4.76. The number of amides is 1. The van der Waals surface area contributed by atoms with Gasteiger partial charge in [0, 0.05) is 18.4 Å². The first-order chi connectivity index (χ1) is 11.3. The number of aromatic nitrogens is 1. The third kappa shape index (κ3) is 3.97. The molecule has 3 rings (SSSR count). The van der Waals surface area contributed by atoms with Crippen LogP contribution in [-0.4, -0.2) is 16.9 Å². The third-order valence-electron chi connectivity index (χ3n) is 3.49. The Morgan fingerprint density at radius 1 is 1.21 bits per heavy atom. The molecule has 1 heterocycles. The predicted octanol–water partition coefficient (Wildman–Crippen LogP) is 4.58. The average Bonchev–Trinajstić information content (AvgIpc) is 3.32. The maximum absolute atomic E-state index is 12.8. The topological polar surface area (TPSA) is 54.0 Å². The summed E-state index contributed by atoms with van der Waals surface area (Å²) in [5.41, 5.74) is -0.0593. The molecule has 1 saturated carbocycles. The average molecular weight is 356 g/mol. The summed E-state index contributed by atoms with van der Waals surface area (Å²) in [6.45, 7) is 0. The van der Waals surface area contributed by atoms with E-state index in [-0.39, 0.29) is 16.3 Å². The number of alkyl halides is 3. The molecule has 2 N–H and O–H groups in total. The number of benzene rings is 1. The van der Waals surface area contributed by atoms with Crippen LogP contribution in [0.1, 0.15) is 28.8 Å². The van der Waals surface area contributed by atoms with Crippen molar-refractivity contribution in [3.05, 3.63) is 52.8 Å². The van der Waals surface area contributed by atoms with Crippen molar-refractivity contribution in [1.82, 2.24) is 4.98 Å². The van der Waals surface area contributed by atoms with Crippen molar-refractivity contribution in [3.8, 4) is 0 Å². The van der Waals surface area contributed by atoms with E-state index in [2.05, 4.69) is 15.6 Å². The van der Waals surface area contributed by atoms with E-state index in [4.69, 9.17) is 11.6 Å². The fourth-order valence-corrected chi connectivity index (χ4v) is 2.26. The highest BCUT2D eigenvalue weighted by molar-refractivity contribution is 6.34. The van der Waals surface area contributed by atoms with Crippen molar-refractivity contribution in [2.45, 2.75) is 25.1 Å². The highest BCUT2D eigenvalue weighted by atomic mass is 35.5. The number of pyridine rings is 1. The number of hydrogen-bond donors (Lipinski definition) is 2. The molecule has 0 bridgehead atoms. The van der Waals surface area contributed by atoms with Gasteiger partial charge in [-0.05, 0) is 37.1 Å². The number of halogens is 4. The number of anilines is 2. The van der Waals surface area contributed by atoms with Gasteiger partial charge in [-0.1, -0.05) is 11.6 Å². The molecule has 1 aromatic heterocycles. The van der Waals surface area contributed by atoms with E-state index in [1.807, 2.05) is 0 Å². The molecule has 1 aromatic carbocycles. The molecule has 24 heavy (non-hydrogen) atoms. The molecular weight excluding hydrogens is 343 g/mol. The number of nitrogens with one attached hydrogen (secondary N) is 2. The monoisotopic (exact) mass is 355 g/mol. The van der Waals surface area contributed by atoms with E-state index in [9.17, 15) is 18.0 Å². The first kappa shape index (κ1) is 16.6. The molecule has 0 unspecified atom stereocenters. The van der Waals surface area contributed by atoms with Crippen LogP contribution >= 0.6 is 11.6 Å². The molecule has 0 spiro atoms. The Morgan fingerprint density at radius 3 is 2.62 bits per heavy atom. The highest BCUT2D eigenvalue weighted by Gasteiger charge is 2.31. The standard InChI is InChI=1S/C16H13ClF3N3O/c17-13-4-1-10(16(18,19)20)6-14(13)23-15(24)9-5-12(8-21-7-9)22-11-2-3-11/h1,4-8,11,22H,2-3H2,(H,23,24). The van der Waals surface area contributed by atoms with Gasteiger partial charge in [-0.25, -0.2) is 0 Å². The Morgan fingerprint density at radius 2 is 1.96 bits per heavy atom. The third-order valence-corrected chi connectivity index (χ3v) is 3.82. The zero-order valence-corrected chi connectivity index (χ0v) is 13.1. The van der Waals surface area contributed by atoms with Gasteiger partial charge in [-0.3, -0.25) is 9.78 Å². The van der Waals surface area contributed by atoms with E-state index in [1.54, 1.807) is 12.3 Å². The summed E-state index contributed by atoms with van der Waals surface area (Å²) >= 11 is 5.88. The number of carbonyl (C=O) groups excluding carboxylic acids is 1. The minimum absolute atomic E-state index is 0.0246. The van der Waals surface area contributed by atoms with Gasteiger partial charge in [0.1, 0.15) is 0 Å². The van der Waals surface area contributed by atoms with E-state index in [0.717, 1.165) is 31.0 Å². The van der Waals surface area contributed by atoms with Crippen LogP contribution in [0, 0.1) is 0 Å². The second kappa shape index (κ2) is 6.32. The fourth-order valence-electron chi connectivity index (χ4n) is 2.10. The van der Waals surface area contributed by atoms with Crippen molar-refractivity contribution >= 4 is 28.9 Å². The fraction of sp³-hybridized carbons (Fsp3) is 0.250. The van der Waals surface area contributed by atoms with E-state index < -0.39 is 17.6 Å². The Kier molecular flexibility index (Phi) is 4.36. The molecule has 126 valence electrons. The largest absolute Gasteiger partial charge is 0.416 e. The minimum Gasteiger partial charge on any atom is -0.381 e. The van der Waals surface area contributed by atoms with Crippen molar-refractivity contribution < 1.29 is 18.0 Å². The van der Waals surface area contributed by atoms with Gasteiger partial charge in [0.25, 0.3) is 5.91 Å². The van der Waals surface area contributed by atoms with Gasteiger partial charge in [0.15, 0.2) is 0 Å². The van der Waals surface area contributed by atoms with Crippen LogP contribution in [0.5, 0.6) is 0 Å². The summed E-state index contributed by atoms with van der Waals surface area (Å²) in [5, 5.41) is 5.62. The van der Waals surface area contributed by atoms with Crippen molar-refractivity contribution in [2.75, 3.05) is 10.6 Å². The summed E-state index contributed by atoms with van der Waals surface area (Å²) in [7, 11) is 0. The minimum atomic E-state index is -4.51. The van der Waals surface area contributed by atoms with Gasteiger partial charge < -0.3 is 10.6 Å². The number of rotatable bonds is 4. The summed E-state index contributed by atoms with van der Waals surface area (Å²) in [6.07, 6.45) is 0.549. The maximum Gasteiger partial charge on any atom is 0.416 e. The molecule has 0 atom stereocenters. The van der Waals surface area contributed by atoms with Gasteiger partial charge in [0.2, 0.25) is 0 Å². The molecule has 1 fully saturated rings. The zero-order valence-electron chi connectivity index (χ0n) is 12.3. The lowest BCUT2D eigenvalue weighted by molar-refractivity contribution is -0.137. The van der Waals surface area contributed by atoms with Crippen molar-refractivity contribution in [2.24, 2.45) is 0 Å². The molecule has 1 aliphatic carbocycles. The molecule has 1 aliphatic rings. The highest BCUT2D eigenvalue weighted by Crippen LogP contribution is 2.34. The number of carbonyl (C=O) groups is 1. The van der Waals surface area contributed by atoms with Crippen LogP contribution in [0.25, 0.3) is 0 Å². The smallest absolute Gasteiger partial charge is 0.381 e. The maximum atomic E-state index is 12.8. The van der Waals surface area contributed by atoms with Gasteiger partial charge >= 0.3 is 6.18 Å². The zero-order chi connectivity index (χ0) is 17.3. The Labute approximate surface area is 141 Å². The normalized spacial score (nSPS) is 14.3. The second-order valence-electron chi connectivity index (χ2n) is 5.53. The molecule has 0 aliphatic heterocycles. The lowest BCUT2D eigenvalue weighted by atomic mass is 10.2. The van der Waals surface area contributed by atoms with E-state index in [0.29, 0.717) is 11.7 Å². The van der Waals surface area contributed by atoms with Gasteiger partial charge in [0.05, 0.1) is 27.5 Å². The Hall–Kier alpha value is -2.28. The second-order valence-corrected chi connectivity index (χ2v) is 5.93. The Bertz CT molecular complexity index is 775. The van der Waals surface area contributed by atoms with E-state index >= 15 is 0 Å². The first-order valence-electron chi connectivity index (χ1n) is 7.22. The quantitative estimate of drug-likeness (QED) is 0.844. The summed E-state index contributed by atoms with van der Waals surface area (Å²) in [5.74, 6) is -0.580. The van der Waals surface area contributed by atoms with Crippen LogP contribution in [0.15, 0.2) is 36.7 Å². The SMILES string of the molecule is O=C(Nc1cc(C(F)(F)F)ccc1Cl)c1cncc(NC2CC2)c1. The first-order valence-corrected chi connectivity index (χ1v) is 7.60. The van der Waals surface area contributed by atoms with E-state index in [1.165, 1.54) is 6.20 Å². The molecule has 0 saturated heterocycles. The van der Waals surface area contributed by atoms with Crippen LogP contribution in [0.4, 0.5) is 24.5 Å². The molecule has 2 aromatic rings. The molecule has 0 radical (unpaired) electrons. The van der Waals surface area contributed by atoms with Gasteiger partial charge in [-0.2, -0.15) is 13.2 Å². The summed E-state index contributed by atoms with van der Waals surface area (Å²) in [4.78, 5) is 16.2. The van der Waals surface area contributed by atoms with Gasteiger partial charge in [-0.15, -0.1) is 0 Å². The lowest BCUT2D eigenvalue weighted by Crippen LogP contribution is -2.14. The van der Waals surface area contributed by atoms with Crippen molar-refractivity contribution in [3.63, 3.8) is 0 Å². The number of hydrogen-bond acceptors (Lipinski definition) is 3. The predicted molar refractivity (Wildman–Crippen MR) is 85.3 cm³/mol. The molecule has 8 heteroatoms. The van der Waals surface area contributed by atoms with Crippen LogP contribution < -0.4 is 10.6 Å². The number of nitrogens with zero attached hydrogens (tertiary/aromatic N) is 1. The van der Waals surface area contributed by atoms with Crippen molar-refractivity contribution in [1.29, 1.82) is 0 Å². The van der Waals surface area contributed by atoms with Crippen LogP contribution in [-0.2, 0) is 6.18 Å². The molecule has 1 amide bonds. The van der Waals surface area contributed by atoms with Crippen LogP contribution in [0.3, 0.4) is 0 Å². The molecule has 4 nitrogen and oxygen atoms in total. The summed E-state index contributed by atoms with van der Waals surface area (Å²) < 4.78 is 38.3. The Balaban J connectivity index is 1.79. The lowest BCUT2D eigenvalue weighted by Gasteiger charge is -2.12. The molecular formula is C16H13ClF3N3O. The van der Waals surface area contributed by atoms with Crippen LogP contribution in [0.2, 0.25) is 5.02 Å².